The van der Waals surface area contributed by atoms with Crippen LogP contribution >= 0.6 is 0 Å². The summed E-state index contributed by atoms with van der Waals surface area (Å²) in [6.45, 7) is 7.19. The van der Waals surface area contributed by atoms with Crippen molar-refractivity contribution < 1.29 is 4.74 Å². The smallest absolute Gasteiger partial charge is 0.140 e. The van der Waals surface area contributed by atoms with E-state index in [9.17, 15) is 0 Å². The van der Waals surface area contributed by atoms with E-state index in [1.165, 1.54) is 55.6 Å². The second kappa shape index (κ2) is 10.2. The van der Waals surface area contributed by atoms with Gasteiger partial charge in [-0.05, 0) is 79.5 Å². The third kappa shape index (κ3) is 4.89. The van der Waals surface area contributed by atoms with Crippen LogP contribution in [0.15, 0.2) is 73.1 Å². The zero-order chi connectivity index (χ0) is 22.6. The number of allylic oxidation sites excluding steroid dienone is 2. The quantitative estimate of drug-likeness (QED) is 0.454. The Morgan fingerprint density at radius 2 is 1.82 bits per heavy atom. The zero-order valence-corrected chi connectivity index (χ0v) is 20.2. The third-order valence-corrected chi connectivity index (χ3v) is 7.85. The van der Waals surface area contributed by atoms with Crippen molar-refractivity contribution in [3.63, 3.8) is 0 Å². The molecule has 0 amide bonds. The van der Waals surface area contributed by atoms with E-state index >= 15 is 0 Å². The normalized spacial score (nSPS) is 25.8. The van der Waals surface area contributed by atoms with Gasteiger partial charge in [0.15, 0.2) is 0 Å². The first-order chi connectivity index (χ1) is 16.2. The molecular formula is C30H38N2O. The van der Waals surface area contributed by atoms with Gasteiger partial charge < -0.3 is 9.64 Å². The number of ether oxygens (including phenoxy) is 1. The Balaban J connectivity index is 1.34. The number of fused-ring (bicyclic) bond motifs is 1. The fraction of sp³-hybridized carbons (Fsp3) is 0.467. The first kappa shape index (κ1) is 22.3. The van der Waals surface area contributed by atoms with Gasteiger partial charge in [-0.1, -0.05) is 63.1 Å². The highest BCUT2D eigenvalue weighted by Gasteiger charge is 2.40. The van der Waals surface area contributed by atoms with Crippen molar-refractivity contribution in [2.75, 3.05) is 18.0 Å². The monoisotopic (exact) mass is 442 g/mol. The van der Waals surface area contributed by atoms with E-state index in [-0.39, 0.29) is 6.10 Å². The lowest BCUT2D eigenvalue weighted by Gasteiger charge is -2.41. The highest BCUT2D eigenvalue weighted by atomic mass is 16.5. The maximum atomic E-state index is 6.76. The van der Waals surface area contributed by atoms with Crippen molar-refractivity contribution in [1.82, 2.24) is 4.90 Å². The summed E-state index contributed by atoms with van der Waals surface area (Å²) in [5.41, 5.74) is 4.00. The van der Waals surface area contributed by atoms with Gasteiger partial charge in [-0.25, -0.2) is 0 Å². The van der Waals surface area contributed by atoms with Crippen molar-refractivity contribution in [3.8, 4) is 5.75 Å². The molecule has 33 heavy (non-hydrogen) atoms. The molecule has 1 fully saturated rings. The summed E-state index contributed by atoms with van der Waals surface area (Å²) >= 11 is 0. The minimum absolute atomic E-state index is 0.0991. The molecule has 0 saturated carbocycles. The first-order valence-corrected chi connectivity index (χ1v) is 12.9. The van der Waals surface area contributed by atoms with E-state index in [4.69, 9.17) is 4.74 Å². The van der Waals surface area contributed by atoms with Crippen LogP contribution in [0.2, 0.25) is 0 Å². The Labute approximate surface area is 199 Å². The van der Waals surface area contributed by atoms with Crippen LogP contribution in [0.5, 0.6) is 5.75 Å². The van der Waals surface area contributed by atoms with Crippen LogP contribution in [-0.2, 0) is 6.42 Å². The number of anilines is 1. The molecule has 3 aliphatic rings. The van der Waals surface area contributed by atoms with Gasteiger partial charge in [0, 0.05) is 24.6 Å². The number of nitrogens with zero attached hydrogens (tertiary/aromatic N) is 2. The van der Waals surface area contributed by atoms with E-state index in [0.29, 0.717) is 6.04 Å². The molecule has 2 heterocycles. The molecule has 0 aromatic heterocycles. The SMILES string of the molecule is CCCC(C)C1CCCN(C2Cc3ccccc3C2Oc2ccc(N3C=CCC=C3)cc2)C1. The number of hydrogen-bond donors (Lipinski definition) is 0. The molecule has 174 valence electrons. The number of hydrogen-bond acceptors (Lipinski definition) is 3. The lowest BCUT2D eigenvalue weighted by Crippen LogP contribution is -2.47. The Morgan fingerprint density at radius 1 is 1.03 bits per heavy atom. The van der Waals surface area contributed by atoms with Crippen LogP contribution < -0.4 is 9.64 Å². The van der Waals surface area contributed by atoms with Gasteiger partial charge >= 0.3 is 0 Å². The summed E-state index contributed by atoms with van der Waals surface area (Å²) in [4.78, 5) is 4.91. The fourth-order valence-electron chi connectivity index (χ4n) is 5.99. The van der Waals surface area contributed by atoms with E-state index < -0.39 is 0 Å². The van der Waals surface area contributed by atoms with Gasteiger partial charge in [0.25, 0.3) is 0 Å². The Kier molecular flexibility index (Phi) is 6.87. The Morgan fingerprint density at radius 3 is 2.61 bits per heavy atom. The molecule has 0 spiro atoms. The molecule has 0 bridgehead atoms. The molecule has 3 heteroatoms. The largest absolute Gasteiger partial charge is 0.484 e. The van der Waals surface area contributed by atoms with Crippen LogP contribution in [0.3, 0.4) is 0 Å². The van der Waals surface area contributed by atoms with Gasteiger partial charge in [0.1, 0.15) is 11.9 Å². The summed E-state index contributed by atoms with van der Waals surface area (Å²) in [7, 11) is 0. The average Bonchev–Trinajstić information content (AvgIpc) is 3.24. The van der Waals surface area contributed by atoms with E-state index in [0.717, 1.165) is 30.4 Å². The van der Waals surface area contributed by atoms with Crippen molar-refractivity contribution >= 4 is 5.69 Å². The second-order valence-corrected chi connectivity index (χ2v) is 10.1. The predicted octanol–water partition coefficient (Wildman–Crippen LogP) is 7.12. The zero-order valence-electron chi connectivity index (χ0n) is 20.2. The average molecular weight is 443 g/mol. The third-order valence-electron chi connectivity index (χ3n) is 7.85. The maximum absolute atomic E-state index is 6.76. The van der Waals surface area contributed by atoms with Crippen LogP contribution in [0.4, 0.5) is 5.69 Å². The number of benzene rings is 2. The van der Waals surface area contributed by atoms with Crippen LogP contribution in [-0.4, -0.2) is 24.0 Å². The molecule has 2 aromatic rings. The lowest BCUT2D eigenvalue weighted by molar-refractivity contribution is 0.0359. The summed E-state index contributed by atoms with van der Waals surface area (Å²) in [6, 6.07) is 17.9. The second-order valence-electron chi connectivity index (χ2n) is 10.1. The molecule has 0 radical (unpaired) electrons. The molecule has 0 N–H and O–H groups in total. The Hall–Kier alpha value is -2.52. The summed E-state index contributed by atoms with van der Waals surface area (Å²) in [5.74, 6) is 2.59. The number of likely N-dealkylation sites (tertiary alicyclic amines) is 1. The van der Waals surface area contributed by atoms with Crippen molar-refractivity contribution in [2.24, 2.45) is 11.8 Å². The van der Waals surface area contributed by atoms with Crippen molar-refractivity contribution in [2.45, 2.75) is 64.5 Å². The molecule has 1 saturated heterocycles. The standard InChI is InChI=1S/C30H38N2O/c1-3-10-23(2)25-12-9-20-32(22-25)29-21-24-11-5-6-13-28(24)30(29)33-27-16-14-26(15-17-27)31-18-7-4-8-19-31/h5-8,11,13-19,23,25,29-30H,3-4,9-10,12,20-22H2,1-2H3. The summed E-state index contributed by atoms with van der Waals surface area (Å²) in [6.07, 6.45) is 16.1. The van der Waals surface area contributed by atoms with E-state index in [2.05, 4.69) is 96.7 Å². The van der Waals surface area contributed by atoms with Crippen molar-refractivity contribution in [1.29, 1.82) is 0 Å². The molecule has 4 atom stereocenters. The van der Waals surface area contributed by atoms with Gasteiger partial charge in [0.2, 0.25) is 0 Å². The van der Waals surface area contributed by atoms with Crippen molar-refractivity contribution in [3.05, 3.63) is 84.2 Å². The van der Waals surface area contributed by atoms with Gasteiger partial charge in [-0.2, -0.15) is 0 Å². The minimum Gasteiger partial charge on any atom is -0.484 e. The van der Waals surface area contributed by atoms with Gasteiger partial charge in [-0.15, -0.1) is 0 Å². The highest BCUT2D eigenvalue weighted by Crippen LogP contribution is 2.40. The lowest BCUT2D eigenvalue weighted by atomic mass is 9.83. The number of piperidine rings is 1. The maximum Gasteiger partial charge on any atom is 0.140 e. The highest BCUT2D eigenvalue weighted by molar-refractivity contribution is 5.55. The van der Waals surface area contributed by atoms with E-state index in [1.807, 2.05) is 0 Å². The first-order valence-electron chi connectivity index (χ1n) is 12.9. The van der Waals surface area contributed by atoms with Crippen LogP contribution in [0, 0.1) is 11.8 Å². The Bertz CT molecular complexity index is 967. The molecule has 4 unspecified atom stereocenters. The van der Waals surface area contributed by atoms with E-state index in [1.54, 1.807) is 0 Å². The summed E-state index contributed by atoms with van der Waals surface area (Å²) in [5, 5.41) is 0. The van der Waals surface area contributed by atoms with Crippen LogP contribution in [0.25, 0.3) is 0 Å². The molecule has 2 aromatic carbocycles. The number of rotatable bonds is 7. The molecule has 2 aliphatic heterocycles. The van der Waals surface area contributed by atoms with Gasteiger partial charge in [-0.3, -0.25) is 4.90 Å². The topological polar surface area (TPSA) is 15.7 Å². The molecule has 3 nitrogen and oxygen atoms in total. The molecular weight excluding hydrogens is 404 g/mol. The fourth-order valence-corrected chi connectivity index (χ4v) is 5.99. The molecule has 5 rings (SSSR count). The predicted molar refractivity (Wildman–Crippen MR) is 137 cm³/mol. The minimum atomic E-state index is 0.0991. The van der Waals surface area contributed by atoms with Crippen LogP contribution in [0.1, 0.15) is 63.2 Å². The molecule has 1 aliphatic carbocycles. The van der Waals surface area contributed by atoms with Gasteiger partial charge in [0.05, 0.1) is 6.04 Å². The summed E-state index contributed by atoms with van der Waals surface area (Å²) < 4.78 is 6.76.